The summed E-state index contributed by atoms with van der Waals surface area (Å²) in [5, 5.41) is 10.5. The first-order valence-corrected chi connectivity index (χ1v) is 9.23. The summed E-state index contributed by atoms with van der Waals surface area (Å²) in [7, 11) is -1.93. The van der Waals surface area contributed by atoms with E-state index in [1.54, 1.807) is 6.08 Å². The molecule has 0 aromatic heterocycles. The Labute approximate surface area is 108 Å². The van der Waals surface area contributed by atoms with Crippen LogP contribution >= 0.6 is 15.9 Å². The van der Waals surface area contributed by atoms with E-state index in [9.17, 15) is 5.11 Å². The zero-order chi connectivity index (χ0) is 12.6. The summed E-state index contributed by atoms with van der Waals surface area (Å²) < 4.78 is 7.02. The van der Waals surface area contributed by atoms with Gasteiger partial charge in [0.1, 0.15) is 0 Å². The molecule has 0 aromatic rings. The molecule has 1 N–H and O–H groups in total. The monoisotopic (exact) mass is 304 g/mol. The van der Waals surface area contributed by atoms with Crippen molar-refractivity contribution in [3.8, 4) is 0 Å². The molecule has 1 aliphatic carbocycles. The van der Waals surface area contributed by atoms with Crippen molar-refractivity contribution in [3.05, 3.63) is 22.7 Å². The minimum atomic E-state index is -1.93. The largest absolute Gasteiger partial charge is 0.387 e. The van der Waals surface area contributed by atoms with E-state index in [4.69, 9.17) is 4.43 Å². The van der Waals surface area contributed by atoms with Crippen molar-refractivity contribution in [2.45, 2.75) is 51.1 Å². The zero-order valence-corrected chi connectivity index (χ0v) is 13.3. The number of allylic oxidation sites excluding steroid dienone is 2. The SMILES string of the molecule is CC(C)(C)[Si](C)(C)O[C@@]1(O)C=CC(Br)=CC1. The molecule has 2 nitrogen and oxygen atoms in total. The molecule has 1 rings (SSSR count). The third-order valence-electron chi connectivity index (χ3n) is 3.33. The van der Waals surface area contributed by atoms with E-state index < -0.39 is 14.1 Å². The van der Waals surface area contributed by atoms with Gasteiger partial charge in [-0.25, -0.2) is 0 Å². The third-order valence-corrected chi connectivity index (χ3v) is 8.39. The summed E-state index contributed by atoms with van der Waals surface area (Å²) in [6.45, 7) is 10.8. The summed E-state index contributed by atoms with van der Waals surface area (Å²) in [6, 6.07) is 0. The predicted molar refractivity (Wildman–Crippen MR) is 74.0 cm³/mol. The Balaban J connectivity index is 2.79. The lowest BCUT2D eigenvalue weighted by Gasteiger charge is -2.42. The minimum absolute atomic E-state index is 0.106. The molecule has 1 aliphatic rings. The molecule has 0 aromatic carbocycles. The first-order chi connectivity index (χ1) is 7.06. The highest BCUT2D eigenvalue weighted by atomic mass is 79.9. The van der Waals surface area contributed by atoms with E-state index in [1.807, 2.05) is 12.2 Å². The van der Waals surface area contributed by atoms with Crippen LogP contribution in [-0.4, -0.2) is 19.2 Å². The Hall–Kier alpha value is 0.0969. The van der Waals surface area contributed by atoms with Crippen molar-refractivity contribution in [1.82, 2.24) is 0 Å². The number of rotatable bonds is 2. The molecule has 0 saturated heterocycles. The van der Waals surface area contributed by atoms with E-state index in [1.165, 1.54) is 0 Å². The highest BCUT2D eigenvalue weighted by Gasteiger charge is 2.43. The second-order valence-corrected chi connectivity index (χ2v) is 11.5. The van der Waals surface area contributed by atoms with Gasteiger partial charge in [0.2, 0.25) is 0 Å². The normalized spacial score (nSPS) is 26.8. The maximum atomic E-state index is 10.3. The van der Waals surface area contributed by atoms with Gasteiger partial charge in [-0.3, -0.25) is 0 Å². The van der Waals surface area contributed by atoms with Crippen LogP contribution in [0.5, 0.6) is 0 Å². The van der Waals surface area contributed by atoms with Crippen LogP contribution in [0.2, 0.25) is 18.1 Å². The first kappa shape index (κ1) is 14.2. The highest BCUT2D eigenvalue weighted by Crippen LogP contribution is 2.40. The Morgan fingerprint density at radius 2 is 2.00 bits per heavy atom. The molecule has 0 bridgehead atoms. The minimum Gasteiger partial charge on any atom is -0.387 e. The van der Waals surface area contributed by atoms with Gasteiger partial charge in [0.15, 0.2) is 14.1 Å². The topological polar surface area (TPSA) is 29.5 Å². The van der Waals surface area contributed by atoms with Crippen molar-refractivity contribution in [2.75, 3.05) is 0 Å². The summed E-state index contributed by atoms with van der Waals surface area (Å²) in [6.07, 6.45) is 6.03. The van der Waals surface area contributed by atoms with Crippen LogP contribution in [-0.2, 0) is 4.43 Å². The molecule has 0 heterocycles. The molecule has 0 saturated carbocycles. The lowest BCUT2D eigenvalue weighted by Crippen LogP contribution is -2.49. The second-order valence-electron chi connectivity index (χ2n) is 5.83. The number of hydrogen-bond donors (Lipinski definition) is 1. The Morgan fingerprint density at radius 3 is 2.38 bits per heavy atom. The summed E-state index contributed by atoms with van der Waals surface area (Å²) in [5.74, 6) is -1.12. The number of hydrogen-bond acceptors (Lipinski definition) is 2. The van der Waals surface area contributed by atoms with Crippen LogP contribution in [0, 0.1) is 0 Å². The fraction of sp³-hybridized carbons (Fsp3) is 0.667. The van der Waals surface area contributed by atoms with Gasteiger partial charge in [0.05, 0.1) is 0 Å². The van der Waals surface area contributed by atoms with Gasteiger partial charge in [-0.1, -0.05) is 42.8 Å². The van der Waals surface area contributed by atoms with E-state index >= 15 is 0 Å². The first-order valence-electron chi connectivity index (χ1n) is 5.53. The fourth-order valence-electron chi connectivity index (χ4n) is 1.26. The Kier molecular flexibility index (Phi) is 3.90. The smallest absolute Gasteiger partial charge is 0.196 e. The summed E-state index contributed by atoms with van der Waals surface area (Å²) in [5.41, 5.74) is 0. The van der Waals surface area contributed by atoms with Gasteiger partial charge in [0.25, 0.3) is 0 Å². The van der Waals surface area contributed by atoms with Gasteiger partial charge in [-0.05, 0) is 30.3 Å². The Morgan fingerprint density at radius 1 is 1.44 bits per heavy atom. The van der Waals surface area contributed by atoms with Gasteiger partial charge >= 0.3 is 0 Å². The van der Waals surface area contributed by atoms with Crippen molar-refractivity contribution < 1.29 is 9.53 Å². The summed E-state index contributed by atoms with van der Waals surface area (Å²) in [4.78, 5) is 0. The lowest BCUT2D eigenvalue weighted by molar-refractivity contribution is -0.102. The number of aliphatic hydroxyl groups is 1. The molecule has 16 heavy (non-hydrogen) atoms. The van der Waals surface area contributed by atoms with E-state index in [-0.39, 0.29) is 5.04 Å². The molecule has 0 aliphatic heterocycles. The van der Waals surface area contributed by atoms with Crippen LogP contribution in [0.15, 0.2) is 22.7 Å². The average Bonchev–Trinajstić information content (AvgIpc) is 2.08. The lowest BCUT2D eigenvalue weighted by atomic mass is 10.1. The van der Waals surface area contributed by atoms with Crippen molar-refractivity contribution in [1.29, 1.82) is 0 Å². The van der Waals surface area contributed by atoms with Gasteiger partial charge < -0.3 is 9.53 Å². The quantitative estimate of drug-likeness (QED) is 0.618. The van der Waals surface area contributed by atoms with E-state index in [0.29, 0.717) is 6.42 Å². The van der Waals surface area contributed by atoms with Crippen LogP contribution in [0.3, 0.4) is 0 Å². The van der Waals surface area contributed by atoms with Crippen LogP contribution < -0.4 is 0 Å². The van der Waals surface area contributed by atoms with Crippen molar-refractivity contribution in [2.24, 2.45) is 0 Å². The van der Waals surface area contributed by atoms with Gasteiger partial charge in [-0.2, -0.15) is 0 Å². The molecule has 0 unspecified atom stereocenters. The van der Waals surface area contributed by atoms with E-state index in [2.05, 4.69) is 49.8 Å². The highest BCUT2D eigenvalue weighted by molar-refractivity contribution is 9.11. The molecule has 1 atom stereocenters. The summed E-state index contributed by atoms with van der Waals surface area (Å²) >= 11 is 3.38. The molecule has 0 radical (unpaired) electrons. The molecular formula is C12H21BrO2Si. The molecule has 4 heteroatoms. The van der Waals surface area contributed by atoms with Crippen LogP contribution in [0.1, 0.15) is 27.2 Å². The fourth-order valence-corrected chi connectivity index (χ4v) is 2.90. The van der Waals surface area contributed by atoms with Crippen LogP contribution in [0.25, 0.3) is 0 Å². The maximum absolute atomic E-state index is 10.3. The van der Waals surface area contributed by atoms with Gasteiger partial charge in [-0.15, -0.1) is 0 Å². The van der Waals surface area contributed by atoms with Crippen molar-refractivity contribution in [3.63, 3.8) is 0 Å². The standard InChI is InChI=1S/C12H21BrO2Si/c1-11(2,3)16(4,5)15-12(14)8-6-10(13)7-9-12/h6-8,14H,9H2,1-5H3/t12-/m0/s1. The molecule has 0 amide bonds. The molecule has 0 fully saturated rings. The third kappa shape index (κ3) is 3.29. The van der Waals surface area contributed by atoms with Crippen molar-refractivity contribution >= 4 is 24.2 Å². The maximum Gasteiger partial charge on any atom is 0.196 e. The predicted octanol–water partition coefficient (Wildman–Crippen LogP) is 3.94. The Bertz CT molecular complexity index is 328. The van der Waals surface area contributed by atoms with E-state index in [0.717, 1.165) is 4.48 Å². The molecule has 92 valence electrons. The van der Waals surface area contributed by atoms with Crippen LogP contribution in [0.4, 0.5) is 0 Å². The molecular weight excluding hydrogens is 284 g/mol. The number of halogens is 1. The molecule has 0 spiro atoms. The zero-order valence-electron chi connectivity index (χ0n) is 10.7. The van der Waals surface area contributed by atoms with Gasteiger partial charge in [0, 0.05) is 10.9 Å². The second kappa shape index (κ2) is 4.41. The average molecular weight is 305 g/mol.